The van der Waals surface area contributed by atoms with Crippen molar-refractivity contribution in [3.63, 3.8) is 0 Å². The van der Waals surface area contributed by atoms with Gasteiger partial charge in [-0.05, 0) is 63.9 Å². The van der Waals surface area contributed by atoms with E-state index in [-0.39, 0.29) is 42.6 Å². The van der Waals surface area contributed by atoms with Gasteiger partial charge in [0.1, 0.15) is 11.9 Å². The number of amidine groups is 1. The number of carbonyl (C=O) groups excluding carboxylic acids is 3. The van der Waals surface area contributed by atoms with Gasteiger partial charge in [-0.1, -0.05) is 30.3 Å². The molecule has 2 aliphatic heterocycles. The summed E-state index contributed by atoms with van der Waals surface area (Å²) in [6, 6.07) is 9.21. The van der Waals surface area contributed by atoms with Gasteiger partial charge in [0, 0.05) is 37.6 Å². The predicted octanol–water partition coefficient (Wildman–Crippen LogP) is 3.05. The average molecular weight is 494 g/mol. The Kier molecular flexibility index (Phi) is 8.88. The quantitative estimate of drug-likeness (QED) is 0.495. The van der Waals surface area contributed by atoms with Crippen molar-refractivity contribution in [3.05, 3.63) is 35.9 Å². The molecule has 0 aromatic heterocycles. The second-order valence-electron chi connectivity index (χ2n) is 10.5. The number of hydrogen-bond donors (Lipinski definition) is 2. The molecule has 1 aromatic carbocycles. The monoisotopic (exact) mass is 493 g/mol. The average Bonchev–Trinajstić information content (AvgIpc) is 3.55. The molecular formula is C28H39N5O3. The van der Waals surface area contributed by atoms with Crippen LogP contribution in [-0.2, 0) is 20.8 Å². The number of benzene rings is 1. The first-order valence-corrected chi connectivity index (χ1v) is 13.4. The van der Waals surface area contributed by atoms with Crippen LogP contribution in [0.3, 0.4) is 0 Å². The first-order valence-electron chi connectivity index (χ1n) is 13.4. The Hall–Kier alpha value is -3.03. The topological polar surface area (TPSA) is 103 Å². The van der Waals surface area contributed by atoms with Gasteiger partial charge in [0.15, 0.2) is 0 Å². The molecule has 3 amide bonds. The zero-order chi connectivity index (χ0) is 25.5. The van der Waals surface area contributed by atoms with Gasteiger partial charge < -0.3 is 15.5 Å². The molecule has 1 saturated carbocycles. The highest BCUT2D eigenvalue weighted by molar-refractivity contribution is 6.07. The maximum atomic E-state index is 13.2. The smallest absolute Gasteiger partial charge is 0.243 e. The van der Waals surface area contributed by atoms with E-state index in [1.807, 2.05) is 30.0 Å². The lowest BCUT2D eigenvalue weighted by Crippen LogP contribution is -2.51. The van der Waals surface area contributed by atoms with Crippen LogP contribution in [-0.4, -0.2) is 65.4 Å². The minimum Gasteiger partial charge on any atom is -0.345 e. The first kappa shape index (κ1) is 26.0. The number of piperidine rings is 1. The highest BCUT2D eigenvalue weighted by atomic mass is 16.2. The van der Waals surface area contributed by atoms with E-state index in [2.05, 4.69) is 39.7 Å². The Balaban J connectivity index is 1.33. The van der Waals surface area contributed by atoms with Crippen molar-refractivity contribution in [3.8, 4) is 0 Å². The molecule has 36 heavy (non-hydrogen) atoms. The van der Waals surface area contributed by atoms with Crippen molar-refractivity contribution < 1.29 is 14.4 Å². The van der Waals surface area contributed by atoms with Crippen LogP contribution in [0.4, 0.5) is 0 Å². The molecule has 1 saturated heterocycles. The van der Waals surface area contributed by atoms with Crippen LogP contribution in [0.15, 0.2) is 40.3 Å². The second-order valence-corrected chi connectivity index (χ2v) is 10.5. The Morgan fingerprint density at radius 1 is 1.08 bits per heavy atom. The number of likely N-dealkylation sites (tertiary alicyclic amines) is 1. The van der Waals surface area contributed by atoms with Crippen molar-refractivity contribution in [1.29, 1.82) is 0 Å². The van der Waals surface area contributed by atoms with Crippen molar-refractivity contribution in [2.45, 2.75) is 89.8 Å². The van der Waals surface area contributed by atoms with E-state index in [1.54, 1.807) is 0 Å². The highest BCUT2D eigenvalue weighted by Crippen LogP contribution is 2.32. The zero-order valence-corrected chi connectivity index (χ0v) is 21.5. The molecule has 2 fully saturated rings. The van der Waals surface area contributed by atoms with Crippen molar-refractivity contribution >= 4 is 29.3 Å². The summed E-state index contributed by atoms with van der Waals surface area (Å²) in [6.45, 7) is 5.23. The van der Waals surface area contributed by atoms with Gasteiger partial charge in [0.2, 0.25) is 17.7 Å². The third kappa shape index (κ3) is 7.48. The van der Waals surface area contributed by atoms with Gasteiger partial charge in [-0.3, -0.25) is 19.4 Å². The summed E-state index contributed by atoms with van der Waals surface area (Å²) < 4.78 is 0. The van der Waals surface area contributed by atoms with Crippen LogP contribution in [0, 0.1) is 5.92 Å². The van der Waals surface area contributed by atoms with Crippen LogP contribution >= 0.6 is 0 Å². The number of hydrogen-bond acceptors (Lipinski definition) is 5. The molecule has 8 nitrogen and oxygen atoms in total. The summed E-state index contributed by atoms with van der Waals surface area (Å²) >= 11 is 0. The molecule has 1 aliphatic carbocycles. The fourth-order valence-electron chi connectivity index (χ4n) is 4.93. The summed E-state index contributed by atoms with van der Waals surface area (Å²) in [7, 11) is 0. The molecule has 1 aromatic rings. The lowest BCUT2D eigenvalue weighted by molar-refractivity contribution is -0.135. The van der Waals surface area contributed by atoms with Crippen LogP contribution < -0.4 is 10.6 Å². The first-order chi connectivity index (χ1) is 17.4. The molecule has 2 N–H and O–H groups in total. The summed E-state index contributed by atoms with van der Waals surface area (Å²) in [5.41, 5.74) is 2.14. The van der Waals surface area contributed by atoms with Gasteiger partial charge in [-0.15, -0.1) is 0 Å². The molecule has 4 rings (SSSR count). The number of rotatable bonds is 11. The van der Waals surface area contributed by atoms with Crippen LogP contribution in [0.2, 0.25) is 0 Å². The van der Waals surface area contributed by atoms with Gasteiger partial charge in [0.25, 0.3) is 0 Å². The maximum Gasteiger partial charge on any atom is 0.243 e. The Morgan fingerprint density at radius 3 is 2.58 bits per heavy atom. The van der Waals surface area contributed by atoms with Gasteiger partial charge in [-0.25, -0.2) is 4.99 Å². The van der Waals surface area contributed by atoms with Crippen LogP contribution in [0.5, 0.6) is 0 Å². The second kappa shape index (κ2) is 12.3. The third-order valence-corrected chi connectivity index (χ3v) is 7.29. The molecule has 8 heteroatoms. The molecule has 0 spiro atoms. The van der Waals surface area contributed by atoms with E-state index in [9.17, 15) is 14.4 Å². The van der Waals surface area contributed by atoms with Crippen LogP contribution in [0.25, 0.3) is 0 Å². The summed E-state index contributed by atoms with van der Waals surface area (Å²) in [6.07, 6.45) is 7.00. The summed E-state index contributed by atoms with van der Waals surface area (Å²) in [5, 5.41) is 5.87. The summed E-state index contributed by atoms with van der Waals surface area (Å²) in [5.74, 6) is 0.662. The standard InChI is InChI=1S/C28H39N5O3/c1-19-8-6-7-15-33(19)26(35)14-13-24(32-25(34)17-22-11-12-22)28(36)30-20(2)27-29-18-23(31-27)16-21-9-4-3-5-10-21/h3-5,9-10,19-20,22,24H,6-8,11-18H2,1-2H3,(H,30,36)(H,32,34)/t19-,20-,24-/m0/s1. The molecule has 2 heterocycles. The maximum absolute atomic E-state index is 13.2. The fraction of sp³-hybridized carbons (Fsp3) is 0.607. The largest absolute Gasteiger partial charge is 0.345 e. The molecule has 3 atom stereocenters. The predicted molar refractivity (Wildman–Crippen MR) is 141 cm³/mol. The molecule has 3 aliphatic rings. The fourth-order valence-corrected chi connectivity index (χ4v) is 4.93. The van der Waals surface area contributed by atoms with E-state index in [4.69, 9.17) is 0 Å². The van der Waals surface area contributed by atoms with E-state index in [0.717, 1.165) is 50.8 Å². The lowest BCUT2D eigenvalue weighted by atomic mass is 10.0. The van der Waals surface area contributed by atoms with Crippen molar-refractivity contribution in [1.82, 2.24) is 15.5 Å². The van der Waals surface area contributed by atoms with Crippen molar-refractivity contribution in [2.24, 2.45) is 15.9 Å². The molecule has 0 unspecified atom stereocenters. The number of aliphatic imine (C=N–C) groups is 2. The zero-order valence-electron chi connectivity index (χ0n) is 21.5. The van der Waals surface area contributed by atoms with E-state index < -0.39 is 6.04 Å². The Labute approximate surface area is 214 Å². The highest BCUT2D eigenvalue weighted by Gasteiger charge is 2.30. The third-order valence-electron chi connectivity index (χ3n) is 7.29. The van der Waals surface area contributed by atoms with Gasteiger partial charge >= 0.3 is 0 Å². The normalized spacial score (nSPS) is 21.3. The van der Waals surface area contributed by atoms with E-state index in [1.165, 1.54) is 5.56 Å². The van der Waals surface area contributed by atoms with E-state index in [0.29, 0.717) is 24.7 Å². The number of carbonyl (C=O) groups is 3. The molecule has 0 bridgehead atoms. The lowest BCUT2D eigenvalue weighted by Gasteiger charge is -2.34. The van der Waals surface area contributed by atoms with Gasteiger partial charge in [-0.2, -0.15) is 0 Å². The number of nitrogens with zero attached hydrogens (tertiary/aromatic N) is 3. The Bertz CT molecular complexity index is 1000. The Morgan fingerprint density at radius 2 is 1.86 bits per heavy atom. The molecule has 194 valence electrons. The molecular weight excluding hydrogens is 454 g/mol. The van der Waals surface area contributed by atoms with Gasteiger partial charge in [0.05, 0.1) is 12.6 Å². The molecule has 0 radical (unpaired) electrons. The van der Waals surface area contributed by atoms with Crippen LogP contribution in [0.1, 0.15) is 70.8 Å². The van der Waals surface area contributed by atoms with Crippen molar-refractivity contribution in [2.75, 3.05) is 13.1 Å². The summed E-state index contributed by atoms with van der Waals surface area (Å²) in [4.78, 5) is 49.7. The number of nitrogens with one attached hydrogen (secondary N) is 2. The minimum atomic E-state index is -0.752. The SMILES string of the molecule is C[C@H](NC(=O)[C@H](CCC(=O)N1CCCC[C@@H]1C)NC(=O)CC1CC1)C1=NCC(Cc2ccccc2)=N1. The number of amides is 3. The van der Waals surface area contributed by atoms with E-state index >= 15 is 0 Å². The minimum absolute atomic E-state index is 0.0554.